The largest absolute Gasteiger partial charge is 0.486 e. The fourth-order valence-corrected chi connectivity index (χ4v) is 13.7. The van der Waals surface area contributed by atoms with Gasteiger partial charge in [-0.1, -0.05) is 50.2 Å². The smallest absolute Gasteiger partial charge is 0.319 e. The molecule has 3 saturated heterocycles. The number of aromatic amines is 2. The second-order valence-electron chi connectivity index (χ2n) is 24.1. The van der Waals surface area contributed by atoms with E-state index in [-0.39, 0.29) is 54.9 Å². The van der Waals surface area contributed by atoms with Gasteiger partial charge in [0.15, 0.2) is 11.3 Å². The van der Waals surface area contributed by atoms with Gasteiger partial charge < -0.3 is 44.5 Å². The van der Waals surface area contributed by atoms with Crippen molar-refractivity contribution < 1.29 is 38.4 Å². The molecule has 20 nitrogen and oxygen atoms in total. The number of rotatable bonds is 17. The number of thiazole rings is 1. The van der Waals surface area contributed by atoms with E-state index in [4.69, 9.17) is 29.3 Å². The van der Waals surface area contributed by atoms with Gasteiger partial charge in [0.25, 0.3) is 5.56 Å². The third-order valence-electron chi connectivity index (χ3n) is 17.7. The number of anilines is 1. The predicted octanol–water partition coefficient (Wildman–Crippen LogP) is 8.80. The number of H-pyrrole nitrogens is 2. The Labute approximate surface area is 499 Å². The van der Waals surface area contributed by atoms with Crippen molar-refractivity contribution in [3.8, 4) is 33.3 Å². The number of nitrogens with one attached hydrogen (secondary N) is 3. The lowest BCUT2D eigenvalue weighted by atomic mass is 9.88. The number of carbonyl (C=O) groups is 2. The van der Waals surface area contributed by atoms with E-state index in [0.717, 1.165) is 88.4 Å². The quantitative estimate of drug-likeness (QED) is 0.0572. The van der Waals surface area contributed by atoms with Crippen LogP contribution in [0.1, 0.15) is 106 Å². The molecule has 1 unspecified atom stereocenters. The number of amides is 2. The van der Waals surface area contributed by atoms with Crippen LogP contribution in [-0.4, -0.2) is 149 Å². The van der Waals surface area contributed by atoms with Gasteiger partial charge in [0.2, 0.25) is 11.8 Å². The van der Waals surface area contributed by atoms with Crippen LogP contribution in [0.2, 0.25) is 0 Å². The fraction of sp³-hybridized carbons (Fsp3) is 0.438. The zero-order chi connectivity index (χ0) is 59.7. The van der Waals surface area contributed by atoms with E-state index in [0.29, 0.717) is 81.9 Å². The summed E-state index contributed by atoms with van der Waals surface area (Å²) in [4.78, 5) is 68.2. The molecule has 0 radical (unpaired) electrons. The molecule has 1 aliphatic carbocycles. The van der Waals surface area contributed by atoms with Gasteiger partial charge in [-0.3, -0.25) is 29.1 Å². The lowest BCUT2D eigenvalue weighted by Gasteiger charge is -2.38. The number of pyridine rings is 1. The van der Waals surface area contributed by atoms with Gasteiger partial charge in [0, 0.05) is 102 Å². The summed E-state index contributed by atoms with van der Waals surface area (Å²) in [6.07, 6.45) is 5.58. The maximum atomic E-state index is 16.3. The highest BCUT2D eigenvalue weighted by Gasteiger charge is 2.44. The molecule has 4 aliphatic rings. The topological polar surface area (TPSA) is 242 Å². The number of aromatic nitrogens is 8. The van der Waals surface area contributed by atoms with Gasteiger partial charge in [-0.15, -0.1) is 11.3 Å². The summed E-state index contributed by atoms with van der Waals surface area (Å²) >= 11 is 1.53. The molecule has 448 valence electrons. The normalized spacial score (nSPS) is 18.8. The van der Waals surface area contributed by atoms with Crippen molar-refractivity contribution in [1.82, 2.24) is 55.0 Å². The Balaban J connectivity index is 0.838. The van der Waals surface area contributed by atoms with Crippen LogP contribution >= 0.6 is 11.3 Å². The SMILES string of the molecule is Cc1ncsc1-c1ccc([C@H](CO)NC(=O)[C@@H]2C[C@@H](O)CN2C(=O)C(C(C)C)n2cc3c(n2)c(=O)[nH]c2cc(COc4c(-c5c(C)c(F)cc6[nH]ncc56)c(C5CC5)cc5c(N6CCN(C(C)C)CC6)nc(OC6CCOCC6)nc45)ccc23)cc1. The first-order valence-electron chi connectivity index (χ1n) is 29.9. The molecular formula is C64H71FN12O8S. The van der Waals surface area contributed by atoms with Gasteiger partial charge >= 0.3 is 6.01 Å². The summed E-state index contributed by atoms with van der Waals surface area (Å²) in [5.41, 5.74) is 9.20. The zero-order valence-electron chi connectivity index (χ0n) is 49.1. The number of aliphatic hydroxyl groups excluding tert-OH is 2. The van der Waals surface area contributed by atoms with E-state index in [2.05, 4.69) is 55.2 Å². The molecule has 5 aromatic heterocycles. The van der Waals surface area contributed by atoms with Crippen molar-refractivity contribution in [3.63, 3.8) is 0 Å². The Morgan fingerprint density at radius 2 is 1.69 bits per heavy atom. The molecule has 2 amide bonds. The molecule has 13 rings (SSSR count). The number of hydrogen-bond acceptors (Lipinski definition) is 16. The van der Waals surface area contributed by atoms with Crippen LogP contribution in [0.15, 0.2) is 77.3 Å². The van der Waals surface area contributed by atoms with Crippen LogP contribution in [0.5, 0.6) is 11.8 Å². The van der Waals surface area contributed by atoms with Crippen molar-refractivity contribution in [3.05, 3.63) is 117 Å². The molecule has 3 aliphatic heterocycles. The molecule has 4 fully saturated rings. The van der Waals surface area contributed by atoms with Gasteiger partial charge in [0.1, 0.15) is 41.9 Å². The minimum atomic E-state index is -1.04. The molecule has 0 spiro atoms. The summed E-state index contributed by atoms with van der Waals surface area (Å²) in [6.45, 7) is 15.8. The van der Waals surface area contributed by atoms with Crippen LogP contribution in [0.4, 0.5) is 10.2 Å². The minimum absolute atomic E-state index is 0.000717. The van der Waals surface area contributed by atoms with Crippen molar-refractivity contribution in [2.45, 2.75) is 123 Å². The van der Waals surface area contributed by atoms with Crippen LogP contribution in [0.25, 0.3) is 65.2 Å². The molecule has 5 N–H and O–H groups in total. The molecule has 4 aromatic carbocycles. The number of likely N-dealkylation sites (tertiary alicyclic amines) is 1. The molecule has 8 heterocycles. The number of aliphatic hydroxyl groups is 2. The Kier molecular flexibility index (Phi) is 15.6. The van der Waals surface area contributed by atoms with Crippen molar-refractivity contribution in [1.29, 1.82) is 0 Å². The molecule has 22 heteroatoms. The second-order valence-corrected chi connectivity index (χ2v) is 25.0. The Morgan fingerprint density at radius 1 is 0.907 bits per heavy atom. The first-order valence-corrected chi connectivity index (χ1v) is 30.8. The summed E-state index contributed by atoms with van der Waals surface area (Å²) in [7, 11) is 0. The number of hydrogen-bond donors (Lipinski definition) is 5. The van der Waals surface area contributed by atoms with Crippen LogP contribution in [0.3, 0.4) is 0 Å². The molecule has 9 aromatic rings. The lowest BCUT2D eigenvalue weighted by Crippen LogP contribution is -2.50. The highest BCUT2D eigenvalue weighted by Crippen LogP contribution is 2.53. The summed E-state index contributed by atoms with van der Waals surface area (Å²) in [6, 6.07) is 14.8. The van der Waals surface area contributed by atoms with Gasteiger partial charge in [-0.05, 0) is 98.4 Å². The number of ether oxygens (including phenoxy) is 3. The van der Waals surface area contributed by atoms with Crippen LogP contribution in [0, 0.1) is 25.6 Å². The summed E-state index contributed by atoms with van der Waals surface area (Å²) < 4.78 is 37.4. The van der Waals surface area contributed by atoms with E-state index in [9.17, 15) is 24.6 Å². The van der Waals surface area contributed by atoms with E-state index in [1.807, 2.05) is 63.2 Å². The maximum absolute atomic E-state index is 16.3. The van der Waals surface area contributed by atoms with Crippen molar-refractivity contribution >= 4 is 72.6 Å². The number of fused-ring (bicyclic) bond motifs is 5. The first kappa shape index (κ1) is 57.2. The molecular weight excluding hydrogens is 1120 g/mol. The van der Waals surface area contributed by atoms with E-state index >= 15 is 4.39 Å². The lowest BCUT2D eigenvalue weighted by molar-refractivity contribution is -0.142. The third kappa shape index (κ3) is 10.8. The number of β-amino-alcohol motifs (C(OH)–C–C–N with tert-alkyl or cyclic N) is 1. The van der Waals surface area contributed by atoms with Gasteiger partial charge in [-0.2, -0.15) is 20.2 Å². The number of benzene rings is 4. The van der Waals surface area contributed by atoms with Crippen molar-refractivity contribution in [2.24, 2.45) is 5.92 Å². The molecule has 1 saturated carbocycles. The third-order valence-corrected chi connectivity index (χ3v) is 18.7. The van der Waals surface area contributed by atoms with Crippen molar-refractivity contribution in [2.75, 3.05) is 57.4 Å². The number of nitrogens with zero attached hydrogens (tertiary/aromatic N) is 9. The molecule has 4 atom stereocenters. The van der Waals surface area contributed by atoms with E-state index < -0.39 is 48.2 Å². The summed E-state index contributed by atoms with van der Waals surface area (Å²) in [5.74, 6) is -0.305. The Bertz CT molecular complexity index is 4110. The Morgan fingerprint density at radius 3 is 2.40 bits per heavy atom. The Hall–Kier alpha value is -7.89. The van der Waals surface area contributed by atoms with Crippen LogP contribution in [-0.2, 0) is 20.9 Å². The monoisotopic (exact) mass is 1190 g/mol. The zero-order valence-corrected chi connectivity index (χ0v) is 49.9. The molecule has 86 heavy (non-hydrogen) atoms. The summed E-state index contributed by atoms with van der Waals surface area (Å²) in [5, 5.41) is 39.3. The van der Waals surface area contributed by atoms with E-state index in [1.165, 1.54) is 27.0 Å². The number of halogens is 1. The van der Waals surface area contributed by atoms with Gasteiger partial charge in [-0.25, -0.2) is 9.37 Å². The standard InChI is InChI=1S/C64H71FN12O8S/c1-33(2)57(63(82)76-28-41(79)24-52(76)61(80)69-51(30-78)39-10-12-40(13-11-39)59-36(6)66-32-86-59)77-29-47-43-14-7-37(23-49(43)68-62(81)56(47)73-77)31-84-58-54(53-35(5)48(65)26-50-46(53)27-67-72-50)44(38-8-9-38)25-45-55(58)70-64(85-42-15-21-83-22-16-42)71-60(45)75-19-17-74(18-20-75)34(3)4/h7,10-14,23,25-27,29,32-34,38,41-42,51-52,57,78-79H,8-9,15-22,24,28,30-31H2,1-6H3,(H,67,72)(H,68,81)(H,69,80)/t41-,51+,52+,57?/m1/s1. The van der Waals surface area contributed by atoms with Crippen LogP contribution < -0.4 is 25.2 Å². The average Bonchev–Trinajstić information content (AvgIpc) is 1.54. The maximum Gasteiger partial charge on any atom is 0.319 e. The van der Waals surface area contributed by atoms with E-state index in [1.54, 1.807) is 24.8 Å². The number of piperazine rings is 1. The first-order chi connectivity index (χ1) is 41.6. The molecule has 0 bridgehead atoms. The number of aryl methyl sites for hydroxylation is 1. The highest BCUT2D eigenvalue weighted by molar-refractivity contribution is 7.13. The van der Waals surface area contributed by atoms with Gasteiger partial charge in [0.05, 0.1) is 59.8 Å². The average molecular weight is 1190 g/mol. The second kappa shape index (κ2) is 23.4. The number of carbonyl (C=O) groups excluding carboxylic acids is 2. The fourth-order valence-electron chi connectivity index (χ4n) is 12.9. The highest BCUT2D eigenvalue weighted by atomic mass is 32.1. The minimum Gasteiger partial charge on any atom is -0.486 e. The predicted molar refractivity (Wildman–Crippen MR) is 327 cm³/mol.